The topological polar surface area (TPSA) is 49.3 Å². The molecule has 82 valence electrons. The number of nitrogens with one attached hydrogen (secondary N) is 1. The van der Waals surface area contributed by atoms with E-state index in [1.54, 1.807) is 0 Å². The molecule has 2 N–H and O–H groups in total. The molecule has 0 saturated heterocycles. The van der Waals surface area contributed by atoms with Crippen LogP contribution in [0.3, 0.4) is 0 Å². The van der Waals surface area contributed by atoms with Gasteiger partial charge in [0.25, 0.3) is 0 Å². The van der Waals surface area contributed by atoms with Crippen LogP contribution < -0.4 is 5.32 Å². The first-order valence-electron chi connectivity index (χ1n) is 5.49. The molecule has 14 heavy (non-hydrogen) atoms. The number of aliphatic carboxylic acids is 1. The summed E-state index contributed by atoms with van der Waals surface area (Å²) in [6.07, 6.45) is 4.72. The van der Waals surface area contributed by atoms with Crippen LogP contribution >= 0.6 is 0 Å². The number of hydrogen-bond donors (Lipinski definition) is 2. The maximum Gasteiger partial charge on any atom is 0.303 e. The quantitative estimate of drug-likeness (QED) is 0.617. The summed E-state index contributed by atoms with van der Waals surface area (Å²) in [7, 11) is 0. The third-order valence-electron chi connectivity index (χ3n) is 3.00. The molecule has 0 heterocycles. The standard InChI is InChI=1S/C11H21NO2/c1-11(2,9-6-7-9)12-8-4-3-5-10(13)14/h9,12H,3-8H2,1-2H3,(H,13,14). The van der Waals surface area contributed by atoms with Gasteiger partial charge in [0.05, 0.1) is 0 Å². The zero-order chi connectivity index (χ0) is 10.6. The Kier molecular flexibility index (Phi) is 3.93. The van der Waals surface area contributed by atoms with Crippen molar-refractivity contribution in [2.75, 3.05) is 6.54 Å². The molecule has 0 spiro atoms. The van der Waals surface area contributed by atoms with Crippen LogP contribution in [-0.2, 0) is 4.79 Å². The molecule has 1 aliphatic rings. The number of carboxylic acid groups (broad SMARTS) is 1. The van der Waals surface area contributed by atoms with Crippen molar-refractivity contribution in [2.45, 2.75) is 51.5 Å². The van der Waals surface area contributed by atoms with Gasteiger partial charge in [-0.15, -0.1) is 0 Å². The number of hydrogen-bond acceptors (Lipinski definition) is 2. The molecule has 1 rings (SSSR count). The van der Waals surface area contributed by atoms with E-state index >= 15 is 0 Å². The molecule has 1 saturated carbocycles. The number of carboxylic acids is 1. The fourth-order valence-corrected chi connectivity index (χ4v) is 1.76. The van der Waals surface area contributed by atoms with Gasteiger partial charge in [0.2, 0.25) is 0 Å². The largest absolute Gasteiger partial charge is 0.481 e. The van der Waals surface area contributed by atoms with Crippen LogP contribution in [0.2, 0.25) is 0 Å². The number of carbonyl (C=O) groups is 1. The molecule has 0 aromatic carbocycles. The summed E-state index contributed by atoms with van der Waals surface area (Å²) >= 11 is 0. The van der Waals surface area contributed by atoms with Crippen LogP contribution in [0.4, 0.5) is 0 Å². The van der Waals surface area contributed by atoms with Crippen LogP contribution in [0.25, 0.3) is 0 Å². The second kappa shape index (κ2) is 4.78. The van der Waals surface area contributed by atoms with E-state index in [1.807, 2.05) is 0 Å². The van der Waals surface area contributed by atoms with Crippen LogP contribution in [0.5, 0.6) is 0 Å². The van der Waals surface area contributed by atoms with E-state index in [-0.39, 0.29) is 5.54 Å². The van der Waals surface area contributed by atoms with Gasteiger partial charge in [-0.05, 0) is 52.0 Å². The molecule has 0 radical (unpaired) electrons. The maximum absolute atomic E-state index is 10.3. The van der Waals surface area contributed by atoms with Gasteiger partial charge in [-0.1, -0.05) is 0 Å². The monoisotopic (exact) mass is 199 g/mol. The SMILES string of the molecule is CC(C)(NCCCCC(=O)O)C1CC1. The first-order chi connectivity index (χ1) is 6.52. The second-order valence-corrected chi connectivity index (χ2v) is 4.77. The lowest BCUT2D eigenvalue weighted by Crippen LogP contribution is -2.41. The summed E-state index contributed by atoms with van der Waals surface area (Å²) in [4.78, 5) is 10.3. The Hall–Kier alpha value is -0.570. The molecule has 1 aliphatic carbocycles. The molecular formula is C11H21NO2. The number of rotatable bonds is 7. The first kappa shape index (κ1) is 11.5. The van der Waals surface area contributed by atoms with Crippen molar-refractivity contribution >= 4 is 5.97 Å². The summed E-state index contributed by atoms with van der Waals surface area (Å²) in [5, 5.41) is 12.0. The van der Waals surface area contributed by atoms with Gasteiger partial charge in [0, 0.05) is 12.0 Å². The highest BCUT2D eigenvalue weighted by Crippen LogP contribution is 2.39. The van der Waals surface area contributed by atoms with Crippen molar-refractivity contribution in [3.63, 3.8) is 0 Å². The second-order valence-electron chi connectivity index (χ2n) is 4.77. The minimum Gasteiger partial charge on any atom is -0.481 e. The molecule has 3 nitrogen and oxygen atoms in total. The van der Waals surface area contributed by atoms with E-state index in [9.17, 15) is 4.79 Å². The molecular weight excluding hydrogens is 178 g/mol. The highest BCUT2D eigenvalue weighted by Gasteiger charge is 2.36. The van der Waals surface area contributed by atoms with Gasteiger partial charge in [-0.2, -0.15) is 0 Å². The van der Waals surface area contributed by atoms with Crippen LogP contribution in [-0.4, -0.2) is 23.2 Å². The summed E-state index contributed by atoms with van der Waals surface area (Å²) < 4.78 is 0. The zero-order valence-electron chi connectivity index (χ0n) is 9.18. The van der Waals surface area contributed by atoms with Crippen molar-refractivity contribution in [3.8, 4) is 0 Å². The molecule has 0 unspecified atom stereocenters. The molecule has 0 aromatic heterocycles. The smallest absolute Gasteiger partial charge is 0.303 e. The van der Waals surface area contributed by atoms with Crippen molar-refractivity contribution in [1.82, 2.24) is 5.32 Å². The maximum atomic E-state index is 10.3. The van der Waals surface area contributed by atoms with Crippen molar-refractivity contribution in [1.29, 1.82) is 0 Å². The molecule has 0 aromatic rings. The lowest BCUT2D eigenvalue weighted by atomic mass is 9.98. The van der Waals surface area contributed by atoms with Crippen LogP contribution in [0.1, 0.15) is 46.0 Å². The van der Waals surface area contributed by atoms with Gasteiger partial charge < -0.3 is 10.4 Å². The predicted octanol–water partition coefficient (Wildman–Crippen LogP) is 2.02. The molecule has 0 aliphatic heterocycles. The van der Waals surface area contributed by atoms with Crippen LogP contribution in [0.15, 0.2) is 0 Å². The zero-order valence-corrected chi connectivity index (χ0v) is 9.18. The van der Waals surface area contributed by atoms with Gasteiger partial charge in [0.15, 0.2) is 0 Å². The normalized spacial score (nSPS) is 17.0. The van der Waals surface area contributed by atoms with Gasteiger partial charge in [-0.3, -0.25) is 4.79 Å². The van der Waals surface area contributed by atoms with Crippen molar-refractivity contribution in [3.05, 3.63) is 0 Å². The van der Waals surface area contributed by atoms with Gasteiger partial charge >= 0.3 is 5.97 Å². The molecule has 0 atom stereocenters. The number of unbranched alkanes of at least 4 members (excludes halogenated alkanes) is 1. The summed E-state index contributed by atoms with van der Waals surface area (Å²) in [6, 6.07) is 0. The van der Waals surface area contributed by atoms with E-state index in [0.29, 0.717) is 6.42 Å². The highest BCUT2D eigenvalue weighted by molar-refractivity contribution is 5.66. The minimum absolute atomic E-state index is 0.253. The average Bonchev–Trinajstić information content (AvgIpc) is 2.84. The van der Waals surface area contributed by atoms with Gasteiger partial charge in [0.1, 0.15) is 0 Å². The van der Waals surface area contributed by atoms with E-state index in [4.69, 9.17) is 5.11 Å². The Labute approximate surface area is 85.9 Å². The van der Waals surface area contributed by atoms with E-state index < -0.39 is 5.97 Å². The fraction of sp³-hybridized carbons (Fsp3) is 0.909. The lowest BCUT2D eigenvalue weighted by Gasteiger charge is -2.26. The minimum atomic E-state index is -0.688. The summed E-state index contributed by atoms with van der Waals surface area (Å²) in [6.45, 7) is 5.42. The van der Waals surface area contributed by atoms with Crippen molar-refractivity contribution < 1.29 is 9.90 Å². The lowest BCUT2D eigenvalue weighted by molar-refractivity contribution is -0.137. The Morgan fingerprint density at radius 1 is 1.43 bits per heavy atom. The molecule has 0 bridgehead atoms. The third kappa shape index (κ3) is 4.09. The Morgan fingerprint density at radius 2 is 2.07 bits per heavy atom. The van der Waals surface area contributed by atoms with Crippen LogP contribution in [0, 0.1) is 5.92 Å². The fourth-order valence-electron chi connectivity index (χ4n) is 1.76. The highest BCUT2D eigenvalue weighted by atomic mass is 16.4. The Bertz CT molecular complexity index is 197. The average molecular weight is 199 g/mol. The molecule has 1 fully saturated rings. The Morgan fingerprint density at radius 3 is 2.57 bits per heavy atom. The Balaban J connectivity index is 2.00. The summed E-state index contributed by atoms with van der Waals surface area (Å²) in [5.41, 5.74) is 0.253. The van der Waals surface area contributed by atoms with E-state index in [1.165, 1.54) is 12.8 Å². The first-order valence-corrected chi connectivity index (χ1v) is 5.49. The van der Waals surface area contributed by atoms with Gasteiger partial charge in [-0.25, -0.2) is 0 Å². The summed E-state index contributed by atoms with van der Waals surface area (Å²) in [5.74, 6) is 0.147. The molecule has 3 heteroatoms. The predicted molar refractivity (Wildman–Crippen MR) is 56.3 cm³/mol. The van der Waals surface area contributed by atoms with E-state index in [0.717, 1.165) is 25.3 Å². The van der Waals surface area contributed by atoms with Crippen molar-refractivity contribution in [2.24, 2.45) is 5.92 Å². The van der Waals surface area contributed by atoms with E-state index in [2.05, 4.69) is 19.2 Å². The third-order valence-corrected chi connectivity index (χ3v) is 3.00. The molecule has 0 amide bonds.